The lowest BCUT2D eigenvalue weighted by atomic mass is 9.78. The Balaban J connectivity index is 1.86. The van der Waals surface area contributed by atoms with Gasteiger partial charge in [0.25, 0.3) is 0 Å². The predicted octanol–water partition coefficient (Wildman–Crippen LogP) is 4.47. The van der Waals surface area contributed by atoms with Crippen LogP contribution in [0, 0.1) is 0 Å². The lowest BCUT2D eigenvalue weighted by Crippen LogP contribution is -2.17. The van der Waals surface area contributed by atoms with Gasteiger partial charge in [-0.1, -0.05) is 36.4 Å². The van der Waals surface area contributed by atoms with Crippen molar-refractivity contribution in [3.8, 4) is 0 Å². The molecule has 0 saturated heterocycles. The zero-order valence-corrected chi connectivity index (χ0v) is 11.3. The van der Waals surface area contributed by atoms with Crippen LogP contribution in [0.1, 0.15) is 40.7 Å². The van der Waals surface area contributed by atoms with Gasteiger partial charge >= 0.3 is 6.18 Å². The molecule has 1 aliphatic carbocycles. The smallest absolute Gasteiger partial charge is 0.388 e. The van der Waals surface area contributed by atoms with E-state index in [1.54, 1.807) is 0 Å². The molecule has 2 aromatic rings. The highest BCUT2D eigenvalue weighted by molar-refractivity contribution is 5.36. The van der Waals surface area contributed by atoms with Crippen LogP contribution in [-0.2, 0) is 12.6 Å². The topological polar surface area (TPSA) is 20.2 Å². The molecular formula is C17H15F3O. The normalized spacial score (nSPS) is 21.9. The molecule has 0 spiro atoms. The van der Waals surface area contributed by atoms with Crippen LogP contribution in [0.25, 0.3) is 0 Å². The minimum atomic E-state index is -4.31. The number of halogens is 3. The second kappa shape index (κ2) is 5.19. The van der Waals surface area contributed by atoms with Crippen molar-refractivity contribution in [1.29, 1.82) is 0 Å². The van der Waals surface area contributed by atoms with Gasteiger partial charge in [-0.3, -0.25) is 0 Å². The third-order valence-corrected chi connectivity index (χ3v) is 4.10. The molecule has 4 heteroatoms. The van der Waals surface area contributed by atoms with Crippen molar-refractivity contribution in [3.63, 3.8) is 0 Å². The monoisotopic (exact) mass is 292 g/mol. The van der Waals surface area contributed by atoms with Crippen molar-refractivity contribution in [2.24, 2.45) is 0 Å². The van der Waals surface area contributed by atoms with E-state index >= 15 is 0 Å². The number of hydrogen-bond donors (Lipinski definition) is 1. The molecule has 0 amide bonds. The molecule has 1 N–H and O–H groups in total. The Kier molecular flexibility index (Phi) is 3.49. The van der Waals surface area contributed by atoms with Crippen LogP contribution in [0.3, 0.4) is 0 Å². The summed E-state index contributed by atoms with van der Waals surface area (Å²) in [4.78, 5) is 0. The summed E-state index contributed by atoms with van der Waals surface area (Å²) >= 11 is 0. The fraction of sp³-hybridized carbons (Fsp3) is 0.294. The zero-order chi connectivity index (χ0) is 15.0. The Morgan fingerprint density at radius 3 is 2.29 bits per heavy atom. The molecule has 0 radical (unpaired) electrons. The molecule has 0 heterocycles. The van der Waals surface area contributed by atoms with Gasteiger partial charge in [0.1, 0.15) is 0 Å². The third-order valence-electron chi connectivity index (χ3n) is 4.10. The molecular weight excluding hydrogens is 277 g/mol. The molecule has 0 aromatic heterocycles. The maximum atomic E-state index is 12.6. The van der Waals surface area contributed by atoms with Crippen LogP contribution in [0.15, 0.2) is 48.5 Å². The third kappa shape index (κ3) is 2.81. The van der Waals surface area contributed by atoms with E-state index in [9.17, 15) is 18.3 Å². The van der Waals surface area contributed by atoms with Crippen molar-refractivity contribution in [3.05, 3.63) is 70.8 Å². The van der Waals surface area contributed by atoms with E-state index in [0.717, 1.165) is 35.2 Å². The first-order valence-corrected chi connectivity index (χ1v) is 6.88. The second-order valence-corrected chi connectivity index (χ2v) is 5.47. The fourth-order valence-corrected chi connectivity index (χ4v) is 2.99. The molecule has 1 nitrogen and oxygen atoms in total. The van der Waals surface area contributed by atoms with Crippen LogP contribution in [0.5, 0.6) is 0 Å². The van der Waals surface area contributed by atoms with E-state index in [2.05, 4.69) is 0 Å². The summed E-state index contributed by atoms with van der Waals surface area (Å²) in [5.74, 6) is 0.0529. The number of aliphatic hydroxyl groups is 1. The van der Waals surface area contributed by atoms with E-state index in [1.807, 2.05) is 24.3 Å². The van der Waals surface area contributed by atoms with Gasteiger partial charge in [0, 0.05) is 0 Å². The summed E-state index contributed by atoms with van der Waals surface area (Å²) in [5, 5.41) is 10.2. The van der Waals surface area contributed by atoms with Crippen molar-refractivity contribution in [2.45, 2.75) is 31.0 Å². The number of fused-ring (bicyclic) bond motifs is 1. The van der Waals surface area contributed by atoms with Crippen molar-refractivity contribution >= 4 is 0 Å². The maximum absolute atomic E-state index is 12.6. The average Bonchev–Trinajstić information content (AvgIpc) is 2.46. The molecule has 3 rings (SSSR count). The van der Waals surface area contributed by atoms with Crippen molar-refractivity contribution in [2.75, 3.05) is 0 Å². The van der Waals surface area contributed by atoms with Gasteiger partial charge in [-0.25, -0.2) is 0 Å². The Hall–Kier alpha value is -1.81. The second-order valence-electron chi connectivity index (χ2n) is 5.47. The van der Waals surface area contributed by atoms with Crippen LogP contribution < -0.4 is 0 Å². The predicted molar refractivity (Wildman–Crippen MR) is 73.9 cm³/mol. The Bertz CT molecular complexity index is 631. The first-order chi connectivity index (χ1) is 9.95. The summed E-state index contributed by atoms with van der Waals surface area (Å²) in [6.07, 6.45) is -3.57. The number of aliphatic hydroxyl groups excluding tert-OH is 1. The minimum absolute atomic E-state index is 0.0529. The van der Waals surface area contributed by atoms with Gasteiger partial charge in [-0.05, 0) is 47.6 Å². The van der Waals surface area contributed by atoms with E-state index in [1.165, 1.54) is 12.1 Å². The SMILES string of the molecule is OC1CC(c2ccc(C(F)(F)F)cc2)Cc2ccccc21. The lowest BCUT2D eigenvalue weighted by molar-refractivity contribution is -0.137. The van der Waals surface area contributed by atoms with E-state index in [-0.39, 0.29) is 5.92 Å². The molecule has 2 atom stereocenters. The van der Waals surface area contributed by atoms with Crippen LogP contribution >= 0.6 is 0 Å². The highest BCUT2D eigenvalue weighted by atomic mass is 19.4. The summed E-state index contributed by atoms with van der Waals surface area (Å²) < 4.78 is 37.7. The first-order valence-electron chi connectivity index (χ1n) is 6.88. The van der Waals surface area contributed by atoms with Gasteiger partial charge < -0.3 is 5.11 Å². The highest BCUT2D eigenvalue weighted by Gasteiger charge is 2.31. The van der Waals surface area contributed by atoms with Gasteiger partial charge in [-0.2, -0.15) is 13.2 Å². The number of rotatable bonds is 1. The average molecular weight is 292 g/mol. The van der Waals surface area contributed by atoms with E-state index in [4.69, 9.17) is 0 Å². The molecule has 0 saturated carbocycles. The van der Waals surface area contributed by atoms with Gasteiger partial charge in [0.2, 0.25) is 0 Å². The van der Waals surface area contributed by atoms with Crippen molar-refractivity contribution in [1.82, 2.24) is 0 Å². The minimum Gasteiger partial charge on any atom is -0.388 e. The van der Waals surface area contributed by atoms with Crippen LogP contribution in [0.4, 0.5) is 13.2 Å². The summed E-state index contributed by atoms with van der Waals surface area (Å²) in [5.41, 5.74) is 2.21. The van der Waals surface area contributed by atoms with Gasteiger partial charge in [-0.15, -0.1) is 0 Å². The van der Waals surface area contributed by atoms with E-state index in [0.29, 0.717) is 6.42 Å². The summed E-state index contributed by atoms with van der Waals surface area (Å²) in [6, 6.07) is 13.0. The Labute approximate surface area is 121 Å². The van der Waals surface area contributed by atoms with Crippen LogP contribution in [0.2, 0.25) is 0 Å². The lowest BCUT2D eigenvalue weighted by Gasteiger charge is -2.29. The summed E-state index contributed by atoms with van der Waals surface area (Å²) in [6.45, 7) is 0. The van der Waals surface area contributed by atoms with Crippen LogP contribution in [-0.4, -0.2) is 5.11 Å². The molecule has 0 aliphatic heterocycles. The highest BCUT2D eigenvalue weighted by Crippen LogP contribution is 2.39. The van der Waals surface area contributed by atoms with Gasteiger partial charge in [0.05, 0.1) is 11.7 Å². The zero-order valence-electron chi connectivity index (χ0n) is 11.3. The van der Waals surface area contributed by atoms with E-state index < -0.39 is 17.8 Å². The Morgan fingerprint density at radius 1 is 0.952 bits per heavy atom. The maximum Gasteiger partial charge on any atom is 0.416 e. The largest absolute Gasteiger partial charge is 0.416 e. The standard InChI is InChI=1S/C17H15F3O/c18-17(19,20)14-7-5-11(6-8-14)13-9-12-3-1-2-4-15(12)16(21)10-13/h1-8,13,16,21H,9-10H2. The molecule has 0 fully saturated rings. The quantitative estimate of drug-likeness (QED) is 0.822. The number of alkyl halides is 3. The number of benzene rings is 2. The fourth-order valence-electron chi connectivity index (χ4n) is 2.99. The molecule has 21 heavy (non-hydrogen) atoms. The summed E-state index contributed by atoms with van der Waals surface area (Å²) in [7, 11) is 0. The van der Waals surface area contributed by atoms with Gasteiger partial charge in [0.15, 0.2) is 0 Å². The molecule has 2 aromatic carbocycles. The molecule has 110 valence electrons. The molecule has 1 aliphatic rings. The van der Waals surface area contributed by atoms with Crippen molar-refractivity contribution < 1.29 is 18.3 Å². The Morgan fingerprint density at radius 2 is 1.62 bits per heavy atom. The molecule has 0 bridgehead atoms. The number of hydrogen-bond acceptors (Lipinski definition) is 1. The molecule has 2 unspecified atom stereocenters. The first kappa shape index (κ1) is 14.1.